The van der Waals surface area contributed by atoms with Crippen LogP contribution < -0.4 is 5.32 Å². The van der Waals surface area contributed by atoms with E-state index in [1.807, 2.05) is 43.3 Å². The average Bonchev–Trinajstić information content (AvgIpc) is 2.56. The van der Waals surface area contributed by atoms with Crippen molar-refractivity contribution in [1.29, 1.82) is 0 Å². The molecule has 0 bridgehead atoms. The average molecular weight is 305 g/mol. The van der Waals surface area contributed by atoms with Crippen molar-refractivity contribution in [3.05, 3.63) is 48.6 Å². The normalized spacial score (nSPS) is 15.2. The lowest BCUT2D eigenvalue weighted by Gasteiger charge is -2.22. The van der Waals surface area contributed by atoms with Gasteiger partial charge in [-0.05, 0) is 31.7 Å². The zero-order valence-corrected chi connectivity index (χ0v) is 13.7. The van der Waals surface area contributed by atoms with Crippen molar-refractivity contribution >= 4 is 0 Å². The van der Waals surface area contributed by atoms with Gasteiger partial charge in [-0.25, -0.2) is 0 Å². The number of nitrogens with one attached hydrogen (secondary N) is 1. The Morgan fingerprint density at radius 3 is 2.45 bits per heavy atom. The van der Waals surface area contributed by atoms with E-state index >= 15 is 0 Å². The summed E-state index contributed by atoms with van der Waals surface area (Å²) in [6.45, 7) is 6.18. The van der Waals surface area contributed by atoms with Crippen molar-refractivity contribution in [2.45, 2.75) is 63.7 Å². The van der Waals surface area contributed by atoms with E-state index < -0.39 is 6.10 Å². The van der Waals surface area contributed by atoms with Crippen LogP contribution in [0.5, 0.6) is 0 Å². The molecule has 1 rings (SSSR count). The zero-order chi connectivity index (χ0) is 16.2. The van der Waals surface area contributed by atoms with Gasteiger partial charge in [-0.3, -0.25) is 0 Å². The number of rotatable bonds is 12. The third kappa shape index (κ3) is 7.74. The molecule has 124 valence electrons. The predicted octanol–water partition coefficient (Wildman–Crippen LogP) is 3.59. The molecule has 3 nitrogen and oxygen atoms in total. The van der Waals surface area contributed by atoms with E-state index in [0.717, 1.165) is 31.2 Å². The molecular formula is C19H31NO2. The first-order chi connectivity index (χ1) is 10.6. The number of allylic oxidation sites excluding steroid dienone is 1. The van der Waals surface area contributed by atoms with Gasteiger partial charge in [0.2, 0.25) is 0 Å². The van der Waals surface area contributed by atoms with Crippen LogP contribution in [0.2, 0.25) is 0 Å². The smallest absolute Gasteiger partial charge is 0.0940 e. The highest BCUT2D eigenvalue weighted by molar-refractivity contribution is 5.18. The van der Waals surface area contributed by atoms with Crippen LogP contribution in [0.4, 0.5) is 0 Å². The number of aliphatic hydroxyl groups excluding tert-OH is 2. The van der Waals surface area contributed by atoms with E-state index in [9.17, 15) is 10.2 Å². The summed E-state index contributed by atoms with van der Waals surface area (Å²) >= 11 is 0. The lowest BCUT2D eigenvalue weighted by Crippen LogP contribution is -2.37. The molecule has 0 aliphatic heterocycles. The monoisotopic (exact) mass is 305 g/mol. The molecule has 0 saturated heterocycles. The number of aliphatic hydroxyl groups is 2. The van der Waals surface area contributed by atoms with Crippen LogP contribution in [0.1, 0.15) is 57.1 Å². The van der Waals surface area contributed by atoms with E-state index in [-0.39, 0.29) is 12.1 Å². The van der Waals surface area contributed by atoms with Crippen molar-refractivity contribution in [2.75, 3.05) is 6.54 Å². The molecule has 0 radical (unpaired) electrons. The Labute approximate surface area is 135 Å². The Kier molecular flexibility index (Phi) is 9.80. The molecule has 0 spiro atoms. The maximum absolute atomic E-state index is 10.2. The molecule has 1 aromatic rings. The van der Waals surface area contributed by atoms with E-state index in [4.69, 9.17) is 0 Å². The maximum atomic E-state index is 10.2. The second-order valence-electron chi connectivity index (χ2n) is 5.99. The molecule has 0 aromatic heterocycles. The Hall–Kier alpha value is -1.16. The van der Waals surface area contributed by atoms with Crippen molar-refractivity contribution in [3.63, 3.8) is 0 Å². The highest BCUT2D eigenvalue weighted by Crippen LogP contribution is 2.16. The summed E-state index contributed by atoms with van der Waals surface area (Å²) in [6.07, 6.45) is 7.57. The third-order valence-electron chi connectivity index (χ3n) is 3.99. The van der Waals surface area contributed by atoms with Gasteiger partial charge >= 0.3 is 0 Å². The summed E-state index contributed by atoms with van der Waals surface area (Å²) in [5.41, 5.74) is 0.902. The Bertz CT molecular complexity index is 394. The van der Waals surface area contributed by atoms with Gasteiger partial charge in [0.15, 0.2) is 0 Å². The van der Waals surface area contributed by atoms with E-state index in [2.05, 4.69) is 11.9 Å². The first-order valence-corrected chi connectivity index (χ1v) is 8.40. The fourth-order valence-corrected chi connectivity index (χ4v) is 2.50. The molecule has 3 atom stereocenters. The molecule has 0 aliphatic rings. The van der Waals surface area contributed by atoms with Gasteiger partial charge in [0.25, 0.3) is 0 Å². The van der Waals surface area contributed by atoms with Crippen LogP contribution in [0.25, 0.3) is 0 Å². The second-order valence-corrected chi connectivity index (χ2v) is 5.99. The van der Waals surface area contributed by atoms with Gasteiger partial charge < -0.3 is 15.5 Å². The Morgan fingerprint density at radius 1 is 1.09 bits per heavy atom. The molecule has 3 heteroatoms. The van der Waals surface area contributed by atoms with Crippen molar-refractivity contribution in [1.82, 2.24) is 5.32 Å². The maximum Gasteiger partial charge on any atom is 0.0940 e. The minimum atomic E-state index is -0.549. The van der Waals surface area contributed by atoms with Crippen molar-refractivity contribution in [3.8, 4) is 0 Å². The first-order valence-electron chi connectivity index (χ1n) is 8.40. The number of benzene rings is 1. The highest BCUT2D eigenvalue weighted by Gasteiger charge is 2.16. The quantitative estimate of drug-likeness (QED) is 0.408. The number of hydrogen-bond donors (Lipinski definition) is 3. The van der Waals surface area contributed by atoms with Crippen LogP contribution >= 0.6 is 0 Å². The van der Waals surface area contributed by atoms with Crippen LogP contribution in [0, 0.1) is 0 Å². The summed E-state index contributed by atoms with van der Waals surface area (Å²) in [5, 5.41) is 23.5. The summed E-state index contributed by atoms with van der Waals surface area (Å²) < 4.78 is 0. The van der Waals surface area contributed by atoms with Gasteiger partial charge in [-0.15, -0.1) is 6.58 Å². The minimum absolute atomic E-state index is 0.0790. The van der Waals surface area contributed by atoms with Gasteiger partial charge in [0.1, 0.15) is 0 Å². The lowest BCUT2D eigenvalue weighted by atomic mass is 10.0. The molecule has 3 unspecified atom stereocenters. The van der Waals surface area contributed by atoms with Gasteiger partial charge in [-0.2, -0.15) is 0 Å². The summed E-state index contributed by atoms with van der Waals surface area (Å²) in [6, 6.07) is 9.54. The molecule has 3 N–H and O–H groups in total. The van der Waals surface area contributed by atoms with Crippen LogP contribution in [0.15, 0.2) is 43.0 Å². The number of hydrogen-bond acceptors (Lipinski definition) is 3. The summed E-state index contributed by atoms with van der Waals surface area (Å²) in [5.74, 6) is 0. The van der Waals surface area contributed by atoms with Gasteiger partial charge in [0, 0.05) is 12.6 Å². The SMILES string of the molecule is C=CCCCCCCC(O)CNC(C)C(O)c1ccccc1. The Morgan fingerprint density at radius 2 is 1.77 bits per heavy atom. The van der Waals surface area contributed by atoms with Crippen LogP contribution in [-0.4, -0.2) is 28.9 Å². The molecule has 0 amide bonds. The van der Waals surface area contributed by atoms with Crippen molar-refractivity contribution in [2.24, 2.45) is 0 Å². The fraction of sp³-hybridized carbons (Fsp3) is 0.579. The summed E-state index contributed by atoms with van der Waals surface area (Å²) in [4.78, 5) is 0. The number of unbranched alkanes of at least 4 members (excludes halogenated alkanes) is 4. The molecular weight excluding hydrogens is 274 g/mol. The lowest BCUT2D eigenvalue weighted by molar-refractivity contribution is 0.112. The van der Waals surface area contributed by atoms with Crippen LogP contribution in [-0.2, 0) is 0 Å². The van der Waals surface area contributed by atoms with E-state index in [1.165, 1.54) is 12.8 Å². The van der Waals surface area contributed by atoms with Gasteiger partial charge in [0.05, 0.1) is 12.2 Å². The minimum Gasteiger partial charge on any atom is -0.392 e. The molecule has 0 fully saturated rings. The Balaban J connectivity index is 2.15. The topological polar surface area (TPSA) is 52.5 Å². The predicted molar refractivity (Wildman–Crippen MR) is 92.8 cm³/mol. The summed E-state index contributed by atoms with van der Waals surface area (Å²) in [7, 11) is 0. The third-order valence-corrected chi connectivity index (χ3v) is 3.99. The standard InChI is InChI=1S/C19H31NO2/c1-3-4-5-6-7-11-14-18(21)15-20-16(2)19(22)17-12-9-8-10-13-17/h3,8-10,12-13,16,18-22H,1,4-7,11,14-15H2,2H3. The first kappa shape index (κ1) is 18.9. The molecule has 0 aliphatic carbocycles. The molecule has 22 heavy (non-hydrogen) atoms. The largest absolute Gasteiger partial charge is 0.392 e. The van der Waals surface area contributed by atoms with E-state index in [1.54, 1.807) is 0 Å². The van der Waals surface area contributed by atoms with Crippen LogP contribution in [0.3, 0.4) is 0 Å². The molecule has 1 aromatic carbocycles. The zero-order valence-electron chi connectivity index (χ0n) is 13.7. The van der Waals surface area contributed by atoms with E-state index in [0.29, 0.717) is 6.54 Å². The second kappa shape index (κ2) is 11.4. The molecule has 0 heterocycles. The van der Waals surface area contributed by atoms with Crippen molar-refractivity contribution < 1.29 is 10.2 Å². The van der Waals surface area contributed by atoms with Gasteiger partial charge in [-0.1, -0.05) is 55.7 Å². The highest BCUT2D eigenvalue weighted by atomic mass is 16.3. The fourth-order valence-electron chi connectivity index (χ4n) is 2.50. The molecule has 0 saturated carbocycles.